The lowest BCUT2D eigenvalue weighted by Gasteiger charge is -2.22. The molecule has 0 saturated heterocycles. The van der Waals surface area contributed by atoms with E-state index in [1.807, 2.05) is 13.8 Å². The number of halogens is 3. The highest BCUT2D eigenvalue weighted by atomic mass is 32.2. The van der Waals surface area contributed by atoms with Crippen molar-refractivity contribution in [3.8, 4) is 18.1 Å². The SMILES string of the molecule is C#Cc1cccc(OC[C@@H](CCNCc2cccc(C(F)(F)F)c2)NC(=O)c2cc(NCC3CC3)nc(N(C)S(=O)C(C)C)c2)c1. The Morgan fingerprint density at radius 1 is 1.15 bits per heavy atom. The lowest BCUT2D eigenvalue weighted by Crippen LogP contribution is -2.41. The highest BCUT2D eigenvalue weighted by Gasteiger charge is 2.30. The van der Waals surface area contributed by atoms with Gasteiger partial charge in [0, 0.05) is 36.5 Å². The molecule has 1 saturated carbocycles. The Morgan fingerprint density at radius 2 is 1.91 bits per heavy atom. The summed E-state index contributed by atoms with van der Waals surface area (Å²) in [6.45, 7) is 5.16. The van der Waals surface area contributed by atoms with Crippen LogP contribution in [0.4, 0.5) is 24.8 Å². The smallest absolute Gasteiger partial charge is 0.416 e. The number of pyridine rings is 1. The van der Waals surface area contributed by atoms with Gasteiger partial charge in [0.05, 0.1) is 11.6 Å². The Hall–Kier alpha value is -4.08. The van der Waals surface area contributed by atoms with E-state index in [2.05, 4.69) is 26.9 Å². The summed E-state index contributed by atoms with van der Waals surface area (Å²) in [7, 11) is 0.326. The molecule has 1 aromatic heterocycles. The molecule has 1 unspecified atom stereocenters. The molecule has 0 aliphatic heterocycles. The highest BCUT2D eigenvalue weighted by Crippen LogP contribution is 2.30. The van der Waals surface area contributed by atoms with Crippen LogP contribution in [-0.2, 0) is 23.7 Å². The van der Waals surface area contributed by atoms with Gasteiger partial charge in [-0.1, -0.05) is 30.2 Å². The fourth-order valence-electron chi connectivity index (χ4n) is 4.58. The molecule has 1 aliphatic carbocycles. The molecular weight excluding hydrogens is 615 g/mol. The average Bonchev–Trinajstić information content (AvgIpc) is 3.88. The van der Waals surface area contributed by atoms with Crippen LogP contribution in [0.5, 0.6) is 5.75 Å². The highest BCUT2D eigenvalue weighted by molar-refractivity contribution is 7.87. The van der Waals surface area contributed by atoms with Crippen molar-refractivity contribution in [1.82, 2.24) is 15.6 Å². The van der Waals surface area contributed by atoms with Gasteiger partial charge >= 0.3 is 6.18 Å². The number of rotatable bonds is 16. The molecule has 46 heavy (non-hydrogen) atoms. The van der Waals surface area contributed by atoms with Gasteiger partial charge in [0.2, 0.25) is 0 Å². The summed E-state index contributed by atoms with van der Waals surface area (Å²) in [6, 6.07) is 15.0. The molecule has 2 atom stereocenters. The van der Waals surface area contributed by atoms with Gasteiger partial charge in [-0.2, -0.15) is 13.2 Å². The molecule has 1 fully saturated rings. The number of anilines is 2. The topological polar surface area (TPSA) is 95.6 Å². The monoisotopic (exact) mass is 655 g/mol. The molecule has 3 N–H and O–H groups in total. The summed E-state index contributed by atoms with van der Waals surface area (Å²) in [5, 5.41) is 9.37. The van der Waals surface area contributed by atoms with Crippen molar-refractivity contribution in [3.63, 3.8) is 0 Å². The molecule has 4 rings (SSSR count). The predicted octanol–water partition coefficient (Wildman–Crippen LogP) is 5.77. The van der Waals surface area contributed by atoms with Crippen LogP contribution in [-0.4, -0.2) is 53.1 Å². The van der Waals surface area contributed by atoms with Gasteiger partial charge in [-0.05, 0) is 87.5 Å². The second-order valence-corrected chi connectivity index (χ2v) is 13.6. The molecule has 12 heteroatoms. The van der Waals surface area contributed by atoms with E-state index in [1.54, 1.807) is 53.8 Å². The lowest BCUT2D eigenvalue weighted by molar-refractivity contribution is -0.137. The Morgan fingerprint density at radius 3 is 2.61 bits per heavy atom. The largest absolute Gasteiger partial charge is 0.491 e. The fraction of sp³-hybridized carbons (Fsp3) is 0.412. The van der Waals surface area contributed by atoms with Crippen LogP contribution in [0.1, 0.15) is 60.2 Å². The first kappa shape index (κ1) is 34.8. The van der Waals surface area contributed by atoms with Crippen molar-refractivity contribution >= 4 is 28.5 Å². The summed E-state index contributed by atoms with van der Waals surface area (Å²) in [4.78, 5) is 18.3. The molecule has 1 amide bonds. The molecule has 0 spiro atoms. The number of carbonyl (C=O) groups excluding carboxylic acids is 1. The molecule has 8 nitrogen and oxygen atoms in total. The maximum absolute atomic E-state index is 13.7. The van der Waals surface area contributed by atoms with E-state index in [1.165, 1.54) is 6.07 Å². The van der Waals surface area contributed by atoms with Crippen LogP contribution < -0.4 is 25.0 Å². The van der Waals surface area contributed by atoms with Gasteiger partial charge in [-0.3, -0.25) is 9.10 Å². The summed E-state index contributed by atoms with van der Waals surface area (Å²) in [5.41, 5.74) is 0.785. The molecule has 0 bridgehead atoms. The number of benzene rings is 2. The van der Waals surface area contributed by atoms with E-state index in [9.17, 15) is 22.2 Å². The number of hydrogen-bond acceptors (Lipinski definition) is 6. The zero-order chi connectivity index (χ0) is 33.3. The van der Waals surface area contributed by atoms with E-state index < -0.39 is 28.8 Å². The van der Waals surface area contributed by atoms with Crippen LogP contribution in [0.15, 0.2) is 60.7 Å². The van der Waals surface area contributed by atoms with E-state index >= 15 is 0 Å². The Labute approximate surface area is 271 Å². The first-order chi connectivity index (χ1) is 21.9. The van der Waals surface area contributed by atoms with Crippen molar-refractivity contribution in [2.24, 2.45) is 5.92 Å². The minimum atomic E-state index is -4.42. The van der Waals surface area contributed by atoms with Gasteiger partial charge in [-0.25, -0.2) is 9.19 Å². The first-order valence-corrected chi connectivity index (χ1v) is 16.4. The molecule has 3 aromatic rings. The minimum absolute atomic E-state index is 0.118. The van der Waals surface area contributed by atoms with Crippen molar-refractivity contribution in [3.05, 3.63) is 82.9 Å². The van der Waals surface area contributed by atoms with Crippen molar-refractivity contribution in [2.45, 2.75) is 57.1 Å². The summed E-state index contributed by atoms with van der Waals surface area (Å²) >= 11 is 0. The van der Waals surface area contributed by atoms with E-state index in [0.717, 1.165) is 31.5 Å². The third-order valence-corrected chi connectivity index (χ3v) is 8.91. The first-order valence-electron chi connectivity index (χ1n) is 15.2. The van der Waals surface area contributed by atoms with Crippen molar-refractivity contribution in [1.29, 1.82) is 0 Å². The number of alkyl halides is 3. The summed E-state index contributed by atoms with van der Waals surface area (Å²) in [6.07, 6.45) is 3.81. The number of amides is 1. The standard InChI is InChI=1S/C34H40F3N5O3S/c1-5-24-8-7-11-30(17-24)45-22-29(14-15-38-20-26-9-6-10-28(16-26)34(35,36)37)40-33(43)27-18-31(39-21-25-12-13-25)41-32(19-27)42(4)46(44)23(2)3/h1,6-11,16-19,23,25,29,38H,12-15,20-22H2,2-4H3,(H,39,41)(H,40,43)/t29-,46?/m1/s1. The van der Waals surface area contributed by atoms with E-state index in [-0.39, 0.29) is 24.3 Å². The quantitative estimate of drug-likeness (QED) is 0.134. The summed E-state index contributed by atoms with van der Waals surface area (Å²) in [5.74, 6) is 4.23. The van der Waals surface area contributed by atoms with Crippen molar-refractivity contribution in [2.75, 3.05) is 36.4 Å². The average molecular weight is 656 g/mol. The van der Waals surface area contributed by atoms with Crippen LogP contribution in [0.25, 0.3) is 0 Å². The molecule has 1 aliphatic rings. The van der Waals surface area contributed by atoms with Gasteiger partial charge in [0.15, 0.2) is 0 Å². The predicted molar refractivity (Wildman–Crippen MR) is 176 cm³/mol. The summed E-state index contributed by atoms with van der Waals surface area (Å²) < 4.78 is 59.8. The van der Waals surface area contributed by atoms with Crippen molar-refractivity contribution < 1.29 is 26.9 Å². The second kappa shape index (κ2) is 16.0. The van der Waals surface area contributed by atoms with Gasteiger partial charge < -0.3 is 20.7 Å². The normalized spacial score (nSPS) is 14.3. The molecule has 2 aromatic carbocycles. The number of ether oxygens (including phenoxy) is 1. The number of nitrogens with zero attached hydrogens (tertiary/aromatic N) is 2. The number of nitrogens with one attached hydrogen (secondary N) is 3. The van der Waals surface area contributed by atoms with Gasteiger partial charge in [0.25, 0.3) is 5.91 Å². The fourth-order valence-corrected chi connectivity index (χ4v) is 5.49. The van der Waals surface area contributed by atoms with Crippen LogP contribution >= 0.6 is 0 Å². The second-order valence-electron chi connectivity index (χ2n) is 11.6. The minimum Gasteiger partial charge on any atom is -0.491 e. The van der Waals surface area contributed by atoms with Gasteiger partial charge in [-0.15, -0.1) is 6.42 Å². The number of aromatic nitrogens is 1. The molecule has 246 valence electrons. The zero-order valence-electron chi connectivity index (χ0n) is 26.2. The zero-order valence-corrected chi connectivity index (χ0v) is 27.0. The third-order valence-electron chi connectivity index (χ3n) is 7.38. The maximum Gasteiger partial charge on any atom is 0.416 e. The maximum atomic E-state index is 13.7. The van der Waals surface area contributed by atoms with E-state index in [0.29, 0.717) is 53.0 Å². The number of terminal acetylenes is 1. The molecular formula is C34H40F3N5O3S. The van der Waals surface area contributed by atoms with Gasteiger partial charge in [0.1, 0.15) is 35.0 Å². The number of hydrogen-bond donors (Lipinski definition) is 3. The Balaban J connectivity index is 1.48. The van der Waals surface area contributed by atoms with Crippen LogP contribution in [0.2, 0.25) is 0 Å². The molecule has 0 radical (unpaired) electrons. The lowest BCUT2D eigenvalue weighted by atomic mass is 10.1. The van der Waals surface area contributed by atoms with Crippen LogP contribution in [0.3, 0.4) is 0 Å². The Kier molecular flexibility index (Phi) is 12.1. The third kappa shape index (κ3) is 10.5. The number of carbonyl (C=O) groups is 1. The van der Waals surface area contributed by atoms with E-state index in [4.69, 9.17) is 11.2 Å². The Bertz CT molecular complexity index is 1560. The van der Waals surface area contributed by atoms with Crippen LogP contribution in [0, 0.1) is 18.3 Å². The molecule has 1 heterocycles.